The summed E-state index contributed by atoms with van der Waals surface area (Å²) in [7, 11) is -3.30. The third kappa shape index (κ3) is 4.84. The van der Waals surface area contributed by atoms with Crippen molar-refractivity contribution in [3.05, 3.63) is 35.9 Å². The van der Waals surface area contributed by atoms with E-state index in [2.05, 4.69) is 5.32 Å². The van der Waals surface area contributed by atoms with Gasteiger partial charge in [0.05, 0.1) is 31.9 Å². The number of nitrogens with one attached hydrogen (secondary N) is 2. The molecule has 0 unspecified atom stereocenters. The normalized spacial score (nSPS) is 21.6. The molecule has 1 aliphatic carbocycles. The summed E-state index contributed by atoms with van der Waals surface area (Å²) in [6.45, 7) is 4.26. The third-order valence-corrected chi connectivity index (χ3v) is 7.51. The molecule has 1 amide bonds. The van der Waals surface area contributed by atoms with E-state index in [0.29, 0.717) is 32.2 Å². The van der Waals surface area contributed by atoms with Crippen LogP contribution in [0.15, 0.2) is 30.3 Å². The Hall–Kier alpha value is -1.44. The number of benzene rings is 1. The number of nitrogens with zero attached hydrogens (tertiary/aromatic N) is 1. The van der Waals surface area contributed by atoms with E-state index in [-0.39, 0.29) is 17.7 Å². The minimum atomic E-state index is -3.30. The average Bonchev–Trinajstić information content (AvgIpc) is 3.14. The molecule has 0 radical (unpaired) electrons. The third-order valence-electron chi connectivity index (χ3n) is 5.66. The number of hydrogen-bond acceptors (Lipinski definition) is 3. The molecule has 2 N–H and O–H groups in total. The quantitative estimate of drug-likeness (QED) is 0.739. The molecule has 1 aliphatic heterocycles. The van der Waals surface area contributed by atoms with Crippen LogP contribution in [0.2, 0.25) is 0 Å². The maximum absolute atomic E-state index is 12.6. The highest BCUT2D eigenvalue weighted by Crippen LogP contribution is 2.17. The first-order valence-electron chi connectivity index (χ1n) is 9.62. The number of hydrogen-bond donors (Lipinski definition) is 2. The molecule has 2 fully saturated rings. The van der Waals surface area contributed by atoms with Gasteiger partial charge in [-0.3, -0.25) is 4.79 Å². The molecule has 2 aliphatic rings. The van der Waals surface area contributed by atoms with Gasteiger partial charge >= 0.3 is 0 Å². The van der Waals surface area contributed by atoms with Crippen molar-refractivity contribution in [1.82, 2.24) is 9.62 Å². The van der Waals surface area contributed by atoms with Crippen LogP contribution in [0.5, 0.6) is 0 Å². The number of quaternary nitrogens is 1. The van der Waals surface area contributed by atoms with Crippen LogP contribution in [0, 0.1) is 0 Å². The van der Waals surface area contributed by atoms with Crippen molar-refractivity contribution in [2.45, 2.75) is 50.4 Å². The zero-order valence-corrected chi connectivity index (χ0v) is 16.3. The van der Waals surface area contributed by atoms with Crippen molar-refractivity contribution in [2.75, 3.05) is 26.2 Å². The van der Waals surface area contributed by atoms with Crippen LogP contribution in [0.25, 0.3) is 0 Å². The lowest BCUT2D eigenvalue weighted by Gasteiger charge is -2.34. The Morgan fingerprint density at radius 3 is 2.42 bits per heavy atom. The minimum absolute atomic E-state index is 0.0426. The minimum Gasteiger partial charge on any atom is -0.348 e. The van der Waals surface area contributed by atoms with Crippen LogP contribution in [-0.2, 0) is 20.6 Å². The molecular formula is C19H30N3O3S+. The number of amides is 1. The second-order valence-electron chi connectivity index (χ2n) is 7.51. The van der Waals surface area contributed by atoms with Gasteiger partial charge in [-0.1, -0.05) is 43.2 Å². The van der Waals surface area contributed by atoms with Crippen molar-refractivity contribution in [1.29, 1.82) is 0 Å². The summed E-state index contributed by atoms with van der Waals surface area (Å²) >= 11 is 0. The monoisotopic (exact) mass is 380 g/mol. The van der Waals surface area contributed by atoms with Gasteiger partial charge in [0.2, 0.25) is 10.0 Å². The second-order valence-corrected chi connectivity index (χ2v) is 9.48. The fourth-order valence-corrected chi connectivity index (χ4v) is 5.48. The number of rotatable bonds is 6. The number of piperazine rings is 1. The summed E-state index contributed by atoms with van der Waals surface area (Å²) in [4.78, 5) is 13.6. The molecule has 26 heavy (non-hydrogen) atoms. The Morgan fingerprint density at radius 2 is 1.81 bits per heavy atom. The first-order chi connectivity index (χ1) is 12.5. The van der Waals surface area contributed by atoms with Crippen molar-refractivity contribution < 1.29 is 18.1 Å². The van der Waals surface area contributed by atoms with Gasteiger partial charge < -0.3 is 10.2 Å². The molecule has 6 nitrogen and oxygen atoms in total. The lowest BCUT2D eigenvalue weighted by Crippen LogP contribution is -3.19. The van der Waals surface area contributed by atoms with E-state index in [4.69, 9.17) is 0 Å². The molecular weight excluding hydrogens is 350 g/mol. The van der Waals surface area contributed by atoms with Gasteiger partial charge in [-0.2, -0.15) is 4.31 Å². The van der Waals surface area contributed by atoms with Gasteiger partial charge in [0.15, 0.2) is 6.04 Å². The van der Waals surface area contributed by atoms with Crippen LogP contribution in [0.4, 0.5) is 0 Å². The molecule has 0 bridgehead atoms. The number of carbonyl (C=O) groups excluding carboxylic acids is 1. The number of carbonyl (C=O) groups is 1. The zero-order chi connectivity index (χ0) is 18.6. The topological polar surface area (TPSA) is 70.9 Å². The summed E-state index contributed by atoms with van der Waals surface area (Å²) in [5.74, 6) is 0.147. The smallest absolute Gasteiger partial charge is 0.278 e. The molecule has 1 heterocycles. The first-order valence-corrected chi connectivity index (χ1v) is 11.2. The van der Waals surface area contributed by atoms with E-state index in [1.807, 2.05) is 37.3 Å². The van der Waals surface area contributed by atoms with E-state index >= 15 is 0 Å². The highest BCUT2D eigenvalue weighted by molar-refractivity contribution is 7.88. The Balaban J connectivity index is 1.50. The van der Waals surface area contributed by atoms with Gasteiger partial charge in [0.25, 0.3) is 5.91 Å². The molecule has 144 valence electrons. The lowest BCUT2D eigenvalue weighted by atomic mass is 10.2. The molecule has 0 spiro atoms. The van der Waals surface area contributed by atoms with E-state index in [9.17, 15) is 13.2 Å². The summed E-state index contributed by atoms with van der Waals surface area (Å²) in [6.07, 6.45) is 4.56. The van der Waals surface area contributed by atoms with Crippen LogP contribution in [-0.4, -0.2) is 56.9 Å². The number of sulfonamides is 1. The summed E-state index contributed by atoms with van der Waals surface area (Å²) in [6, 6.07) is 9.49. The van der Waals surface area contributed by atoms with E-state index in [1.165, 1.54) is 17.7 Å². The Kier molecular flexibility index (Phi) is 6.32. The average molecular weight is 381 g/mol. The fraction of sp³-hybridized carbons (Fsp3) is 0.632. The largest absolute Gasteiger partial charge is 0.348 e. The fourth-order valence-electron chi connectivity index (χ4n) is 3.94. The van der Waals surface area contributed by atoms with Gasteiger partial charge in [-0.15, -0.1) is 0 Å². The maximum atomic E-state index is 12.6. The Bertz CT molecular complexity index is 694. The summed E-state index contributed by atoms with van der Waals surface area (Å²) < 4.78 is 26.8. The Morgan fingerprint density at radius 1 is 1.19 bits per heavy atom. The van der Waals surface area contributed by atoms with Gasteiger partial charge in [-0.05, 0) is 25.3 Å². The highest BCUT2D eigenvalue weighted by Gasteiger charge is 2.34. The van der Waals surface area contributed by atoms with E-state index < -0.39 is 10.0 Å². The zero-order valence-electron chi connectivity index (χ0n) is 15.5. The Labute approximate surface area is 156 Å². The SMILES string of the molecule is C[C@@H](C(=O)NC1CCCC1)[NH+]1CCN(S(=O)(=O)Cc2ccccc2)CC1. The summed E-state index contributed by atoms with van der Waals surface area (Å²) in [5, 5.41) is 3.16. The van der Waals surface area contributed by atoms with Crippen LogP contribution >= 0.6 is 0 Å². The van der Waals surface area contributed by atoms with Crippen molar-refractivity contribution in [2.24, 2.45) is 0 Å². The molecule has 1 saturated carbocycles. The molecule has 1 saturated heterocycles. The molecule has 0 aromatic heterocycles. The second kappa shape index (κ2) is 8.50. The van der Waals surface area contributed by atoms with Gasteiger partial charge in [0, 0.05) is 6.04 Å². The van der Waals surface area contributed by atoms with Crippen molar-refractivity contribution in [3.8, 4) is 0 Å². The van der Waals surface area contributed by atoms with E-state index in [0.717, 1.165) is 18.4 Å². The van der Waals surface area contributed by atoms with Gasteiger partial charge in [0.1, 0.15) is 0 Å². The lowest BCUT2D eigenvalue weighted by molar-refractivity contribution is -0.917. The van der Waals surface area contributed by atoms with Crippen LogP contribution in [0.3, 0.4) is 0 Å². The standard InChI is InChI=1S/C19H29N3O3S/c1-16(19(23)20-18-9-5-6-10-18)21-11-13-22(14-12-21)26(24,25)15-17-7-3-2-4-8-17/h2-4,7-8,16,18H,5-6,9-15H2,1H3,(H,20,23)/p+1/t16-/m0/s1. The molecule has 1 aromatic carbocycles. The van der Waals surface area contributed by atoms with Crippen LogP contribution in [0.1, 0.15) is 38.2 Å². The van der Waals surface area contributed by atoms with Crippen molar-refractivity contribution in [3.63, 3.8) is 0 Å². The van der Waals surface area contributed by atoms with Crippen molar-refractivity contribution >= 4 is 15.9 Å². The molecule has 1 atom stereocenters. The predicted octanol–water partition coefficient (Wildman–Crippen LogP) is 0.164. The van der Waals surface area contributed by atoms with Crippen LogP contribution < -0.4 is 10.2 Å². The maximum Gasteiger partial charge on any atom is 0.278 e. The highest BCUT2D eigenvalue weighted by atomic mass is 32.2. The first kappa shape index (κ1) is 19.3. The molecule has 3 rings (SSSR count). The summed E-state index contributed by atoms with van der Waals surface area (Å²) in [5.41, 5.74) is 0.812. The van der Waals surface area contributed by atoms with E-state index in [1.54, 1.807) is 4.31 Å². The van der Waals surface area contributed by atoms with Gasteiger partial charge in [-0.25, -0.2) is 8.42 Å². The molecule has 1 aromatic rings. The predicted molar refractivity (Wildman–Crippen MR) is 101 cm³/mol. The molecule has 7 heteroatoms.